The number of amides is 1. The number of anilines is 1. The van der Waals surface area contributed by atoms with Crippen molar-refractivity contribution in [1.29, 1.82) is 0 Å². The normalized spacial score (nSPS) is 14.1. The van der Waals surface area contributed by atoms with Gasteiger partial charge in [-0.15, -0.1) is 11.3 Å². The van der Waals surface area contributed by atoms with Crippen LogP contribution in [0.5, 0.6) is 5.75 Å². The van der Waals surface area contributed by atoms with Gasteiger partial charge < -0.3 is 14.5 Å². The fraction of sp³-hybridized carbons (Fsp3) is 0.348. The van der Waals surface area contributed by atoms with E-state index in [1.165, 1.54) is 0 Å². The molecule has 0 atom stereocenters. The molecule has 3 heterocycles. The monoisotopic (exact) mass is 422 g/mol. The number of thiazole rings is 1. The van der Waals surface area contributed by atoms with Gasteiger partial charge in [0.25, 0.3) is 0 Å². The molecule has 6 nitrogen and oxygen atoms in total. The lowest BCUT2D eigenvalue weighted by Gasteiger charge is -2.35. The highest BCUT2D eigenvalue weighted by Gasteiger charge is 2.22. The van der Waals surface area contributed by atoms with Crippen LogP contribution in [0, 0.1) is 0 Å². The number of carbonyl (C=O) groups excluding carboxylic acids is 1. The first kappa shape index (κ1) is 20.3. The number of hydrogen-bond acceptors (Lipinski definition) is 6. The molecular weight excluding hydrogens is 396 g/mol. The second-order valence-electron chi connectivity index (χ2n) is 7.30. The Morgan fingerprint density at radius 2 is 1.87 bits per heavy atom. The summed E-state index contributed by atoms with van der Waals surface area (Å²) in [6, 6.07) is 11.8. The first-order valence-corrected chi connectivity index (χ1v) is 11.1. The average molecular weight is 423 g/mol. The summed E-state index contributed by atoms with van der Waals surface area (Å²) in [6.07, 6.45) is 3.27. The van der Waals surface area contributed by atoms with E-state index in [-0.39, 0.29) is 5.91 Å². The number of aryl methyl sites for hydroxylation is 1. The Kier molecular flexibility index (Phi) is 6.28. The second kappa shape index (κ2) is 9.26. The summed E-state index contributed by atoms with van der Waals surface area (Å²) in [5.41, 5.74) is 3.18. The zero-order chi connectivity index (χ0) is 20.9. The number of aromatic nitrogens is 2. The molecule has 0 bridgehead atoms. The number of pyridine rings is 1. The molecule has 4 rings (SSSR count). The number of benzene rings is 1. The van der Waals surface area contributed by atoms with Gasteiger partial charge in [0.1, 0.15) is 16.6 Å². The summed E-state index contributed by atoms with van der Waals surface area (Å²) in [7, 11) is 1.64. The Morgan fingerprint density at radius 1 is 1.10 bits per heavy atom. The minimum absolute atomic E-state index is 0.165. The lowest BCUT2D eigenvalue weighted by molar-refractivity contribution is -0.130. The fourth-order valence-electron chi connectivity index (χ4n) is 3.52. The maximum absolute atomic E-state index is 12.6. The number of ether oxygens (including phenoxy) is 1. The van der Waals surface area contributed by atoms with Crippen molar-refractivity contribution in [2.24, 2.45) is 0 Å². The van der Waals surface area contributed by atoms with Crippen molar-refractivity contribution in [2.75, 3.05) is 38.2 Å². The highest BCUT2D eigenvalue weighted by molar-refractivity contribution is 7.13. The number of rotatable bonds is 6. The average Bonchev–Trinajstić information content (AvgIpc) is 3.29. The third-order valence-corrected chi connectivity index (χ3v) is 6.32. The maximum Gasteiger partial charge on any atom is 0.227 e. The fourth-order valence-corrected chi connectivity index (χ4v) is 4.41. The molecule has 7 heteroatoms. The molecule has 1 aliphatic rings. The number of methoxy groups -OCH3 is 1. The van der Waals surface area contributed by atoms with E-state index in [1.807, 2.05) is 35.4 Å². The van der Waals surface area contributed by atoms with Gasteiger partial charge in [-0.1, -0.05) is 19.1 Å². The van der Waals surface area contributed by atoms with E-state index >= 15 is 0 Å². The van der Waals surface area contributed by atoms with Crippen LogP contribution in [-0.4, -0.2) is 54.1 Å². The van der Waals surface area contributed by atoms with Crippen molar-refractivity contribution in [3.05, 3.63) is 59.2 Å². The van der Waals surface area contributed by atoms with Gasteiger partial charge in [0.15, 0.2) is 0 Å². The van der Waals surface area contributed by atoms with Crippen LogP contribution in [0.25, 0.3) is 10.6 Å². The molecule has 1 aromatic carbocycles. The van der Waals surface area contributed by atoms with E-state index in [4.69, 9.17) is 4.74 Å². The van der Waals surface area contributed by atoms with Crippen LogP contribution in [0.1, 0.15) is 18.2 Å². The topological polar surface area (TPSA) is 58.6 Å². The third-order valence-electron chi connectivity index (χ3n) is 5.38. The van der Waals surface area contributed by atoms with E-state index in [0.29, 0.717) is 19.5 Å². The van der Waals surface area contributed by atoms with Crippen LogP contribution in [0.15, 0.2) is 48.0 Å². The van der Waals surface area contributed by atoms with Gasteiger partial charge in [-0.05, 0) is 36.2 Å². The predicted octanol–water partition coefficient (Wildman–Crippen LogP) is 3.67. The first-order valence-electron chi connectivity index (χ1n) is 10.2. The SMILES string of the molecule is CCc1csc(-c2ccc(N3CCN(C(=O)Cc4ccc(OC)cc4)CC3)nc2)n1. The molecule has 30 heavy (non-hydrogen) atoms. The van der Waals surface area contributed by atoms with Gasteiger partial charge in [0.05, 0.1) is 19.2 Å². The van der Waals surface area contributed by atoms with Gasteiger partial charge in [0.2, 0.25) is 5.91 Å². The molecule has 0 unspecified atom stereocenters. The second-order valence-corrected chi connectivity index (χ2v) is 8.15. The van der Waals surface area contributed by atoms with Gasteiger partial charge in [0, 0.05) is 43.3 Å². The number of nitrogens with zero attached hydrogens (tertiary/aromatic N) is 4. The van der Waals surface area contributed by atoms with E-state index in [1.54, 1.807) is 18.4 Å². The summed E-state index contributed by atoms with van der Waals surface area (Å²) in [6.45, 7) is 5.12. The molecule has 0 saturated carbocycles. The van der Waals surface area contributed by atoms with Crippen LogP contribution in [0.2, 0.25) is 0 Å². The standard InChI is InChI=1S/C23H26N4O2S/c1-3-19-16-30-23(25-19)18-6-9-21(24-15-18)26-10-12-27(13-11-26)22(28)14-17-4-7-20(29-2)8-5-17/h4-9,15-16H,3,10-14H2,1-2H3. The van der Waals surface area contributed by atoms with Crippen molar-refractivity contribution in [3.63, 3.8) is 0 Å². The molecule has 1 aliphatic heterocycles. The van der Waals surface area contributed by atoms with Gasteiger partial charge >= 0.3 is 0 Å². The molecule has 0 radical (unpaired) electrons. The Hall–Kier alpha value is -2.93. The summed E-state index contributed by atoms with van der Waals surface area (Å²) >= 11 is 1.66. The lowest BCUT2D eigenvalue weighted by atomic mass is 10.1. The maximum atomic E-state index is 12.6. The van der Waals surface area contributed by atoms with Crippen molar-refractivity contribution >= 4 is 23.1 Å². The summed E-state index contributed by atoms with van der Waals surface area (Å²) in [4.78, 5) is 26.1. The summed E-state index contributed by atoms with van der Waals surface area (Å²) in [5, 5.41) is 3.12. The molecule has 0 spiro atoms. The van der Waals surface area contributed by atoms with Crippen LogP contribution < -0.4 is 9.64 Å². The molecule has 1 amide bonds. The Balaban J connectivity index is 1.31. The predicted molar refractivity (Wildman–Crippen MR) is 120 cm³/mol. The van der Waals surface area contributed by atoms with Crippen molar-refractivity contribution in [1.82, 2.24) is 14.9 Å². The van der Waals surface area contributed by atoms with Crippen LogP contribution >= 0.6 is 11.3 Å². The quantitative estimate of drug-likeness (QED) is 0.607. The molecule has 0 N–H and O–H groups in total. The van der Waals surface area contributed by atoms with Crippen molar-refractivity contribution in [2.45, 2.75) is 19.8 Å². The number of hydrogen-bond donors (Lipinski definition) is 0. The van der Waals surface area contributed by atoms with Crippen LogP contribution in [0.3, 0.4) is 0 Å². The van der Waals surface area contributed by atoms with Crippen LogP contribution in [0.4, 0.5) is 5.82 Å². The van der Waals surface area contributed by atoms with E-state index in [9.17, 15) is 4.79 Å². The largest absolute Gasteiger partial charge is 0.497 e. The molecule has 3 aromatic rings. The third kappa shape index (κ3) is 4.62. The number of piperazine rings is 1. The minimum atomic E-state index is 0.165. The molecule has 2 aromatic heterocycles. The van der Waals surface area contributed by atoms with E-state index in [2.05, 4.69) is 39.3 Å². The molecule has 156 valence electrons. The lowest BCUT2D eigenvalue weighted by Crippen LogP contribution is -2.49. The zero-order valence-electron chi connectivity index (χ0n) is 17.4. The molecular formula is C23H26N4O2S. The Labute approximate surface area is 181 Å². The molecule has 1 fully saturated rings. The zero-order valence-corrected chi connectivity index (χ0v) is 18.2. The van der Waals surface area contributed by atoms with Gasteiger partial charge in [-0.3, -0.25) is 4.79 Å². The van der Waals surface area contributed by atoms with Crippen molar-refractivity contribution in [3.8, 4) is 16.3 Å². The highest BCUT2D eigenvalue weighted by Crippen LogP contribution is 2.25. The Morgan fingerprint density at radius 3 is 2.47 bits per heavy atom. The van der Waals surface area contributed by atoms with E-state index < -0.39 is 0 Å². The smallest absolute Gasteiger partial charge is 0.227 e. The molecule has 1 saturated heterocycles. The minimum Gasteiger partial charge on any atom is -0.497 e. The highest BCUT2D eigenvalue weighted by atomic mass is 32.1. The van der Waals surface area contributed by atoms with Gasteiger partial charge in [-0.2, -0.15) is 0 Å². The van der Waals surface area contributed by atoms with Crippen molar-refractivity contribution < 1.29 is 9.53 Å². The summed E-state index contributed by atoms with van der Waals surface area (Å²) in [5.74, 6) is 1.92. The van der Waals surface area contributed by atoms with Crippen LogP contribution in [-0.2, 0) is 17.6 Å². The van der Waals surface area contributed by atoms with E-state index in [0.717, 1.165) is 52.9 Å². The Bertz CT molecular complexity index is 977. The first-order chi connectivity index (χ1) is 14.7. The summed E-state index contributed by atoms with van der Waals surface area (Å²) < 4.78 is 5.17. The van der Waals surface area contributed by atoms with Gasteiger partial charge in [-0.25, -0.2) is 9.97 Å². The molecule has 0 aliphatic carbocycles. The number of carbonyl (C=O) groups is 1.